The second-order valence-electron chi connectivity index (χ2n) is 5.11. The van der Waals surface area contributed by atoms with E-state index in [9.17, 15) is 18.5 Å². The van der Waals surface area contributed by atoms with Crippen molar-refractivity contribution in [2.75, 3.05) is 12.4 Å². The van der Waals surface area contributed by atoms with Crippen molar-refractivity contribution in [1.29, 1.82) is 0 Å². The number of nitrogens with one attached hydrogen (secondary N) is 1. The first kappa shape index (κ1) is 16.2. The van der Waals surface area contributed by atoms with E-state index in [2.05, 4.69) is 5.32 Å². The zero-order valence-electron chi connectivity index (χ0n) is 12.2. The monoisotopic (exact) mass is 333 g/mol. The van der Waals surface area contributed by atoms with E-state index in [1.807, 2.05) is 13.8 Å². The molecule has 2 atom stereocenters. The normalized spacial score (nSPS) is 23.4. The van der Waals surface area contributed by atoms with Crippen molar-refractivity contribution < 1.29 is 13.3 Å². The van der Waals surface area contributed by atoms with Gasteiger partial charge in [0, 0.05) is 25.2 Å². The Bertz CT molecular complexity index is 641. The van der Waals surface area contributed by atoms with Crippen LogP contribution in [0.1, 0.15) is 33.1 Å². The molecule has 0 radical (unpaired) electrons. The molecule has 1 N–H and O–H groups in total. The maximum absolute atomic E-state index is 12.8. The Kier molecular flexibility index (Phi) is 4.54. The summed E-state index contributed by atoms with van der Waals surface area (Å²) in [5, 5.41) is 13.9. The highest BCUT2D eigenvalue weighted by molar-refractivity contribution is 7.91. The molecule has 1 aromatic heterocycles. The van der Waals surface area contributed by atoms with E-state index in [1.54, 1.807) is 7.05 Å². The Hall–Kier alpha value is -1.19. The van der Waals surface area contributed by atoms with Gasteiger partial charge in [-0.15, -0.1) is 0 Å². The van der Waals surface area contributed by atoms with Crippen LogP contribution in [0.5, 0.6) is 0 Å². The van der Waals surface area contributed by atoms with Gasteiger partial charge in [0.2, 0.25) is 0 Å². The van der Waals surface area contributed by atoms with Crippen LogP contribution in [-0.4, -0.2) is 36.8 Å². The lowest BCUT2D eigenvalue weighted by Gasteiger charge is -2.26. The van der Waals surface area contributed by atoms with Crippen LogP contribution in [0.15, 0.2) is 10.3 Å². The number of hydrogen-bond acceptors (Lipinski definition) is 6. The Morgan fingerprint density at radius 1 is 1.52 bits per heavy atom. The molecule has 0 spiro atoms. The zero-order valence-corrected chi connectivity index (χ0v) is 13.8. The van der Waals surface area contributed by atoms with E-state index in [0.29, 0.717) is 0 Å². The minimum Gasteiger partial charge on any atom is -0.374 e. The van der Waals surface area contributed by atoms with Gasteiger partial charge in [0.05, 0.1) is 4.92 Å². The lowest BCUT2D eigenvalue weighted by molar-refractivity contribution is -0.383. The first-order valence-corrected chi connectivity index (χ1v) is 9.08. The van der Waals surface area contributed by atoms with E-state index in [4.69, 9.17) is 0 Å². The van der Waals surface area contributed by atoms with Gasteiger partial charge < -0.3 is 5.32 Å². The Morgan fingerprint density at radius 3 is 2.67 bits per heavy atom. The average molecular weight is 333 g/mol. The van der Waals surface area contributed by atoms with Crippen molar-refractivity contribution in [3.05, 3.63) is 16.2 Å². The number of nitrogens with zero attached hydrogens (tertiary/aromatic N) is 2. The third-order valence-corrected chi connectivity index (χ3v) is 7.49. The zero-order chi connectivity index (χ0) is 15.8. The second-order valence-corrected chi connectivity index (χ2v) is 8.23. The maximum Gasteiger partial charge on any atom is 0.304 e. The van der Waals surface area contributed by atoms with Crippen LogP contribution in [-0.2, 0) is 10.0 Å². The predicted molar refractivity (Wildman–Crippen MR) is 82.3 cm³/mol. The lowest BCUT2D eigenvalue weighted by atomic mass is 10.2. The standard InChI is InChI=1S/C12H19N3O4S2/c1-4-9-6-5-8(2)14(9)21(18,19)11-7-10(15(16)17)12(13-3)20-11/h7-9,13H,4-6H2,1-3H3. The summed E-state index contributed by atoms with van der Waals surface area (Å²) >= 11 is 0.914. The van der Waals surface area contributed by atoms with Gasteiger partial charge in [0.25, 0.3) is 10.0 Å². The molecule has 21 heavy (non-hydrogen) atoms. The van der Waals surface area contributed by atoms with Crippen molar-refractivity contribution in [2.24, 2.45) is 0 Å². The highest BCUT2D eigenvalue weighted by Gasteiger charge is 2.41. The van der Waals surface area contributed by atoms with E-state index >= 15 is 0 Å². The van der Waals surface area contributed by atoms with Crippen LogP contribution in [0, 0.1) is 10.1 Å². The third-order valence-electron chi connectivity index (χ3n) is 3.83. The van der Waals surface area contributed by atoms with E-state index in [1.165, 1.54) is 4.31 Å². The molecule has 0 bridgehead atoms. The van der Waals surface area contributed by atoms with Crippen LogP contribution in [0.2, 0.25) is 0 Å². The van der Waals surface area contributed by atoms with Gasteiger partial charge in [-0.05, 0) is 26.2 Å². The molecule has 0 aromatic carbocycles. The largest absolute Gasteiger partial charge is 0.374 e. The summed E-state index contributed by atoms with van der Waals surface area (Å²) in [4.78, 5) is 10.4. The summed E-state index contributed by atoms with van der Waals surface area (Å²) in [5.74, 6) is 0. The summed E-state index contributed by atoms with van der Waals surface area (Å²) in [6.45, 7) is 3.84. The molecule has 2 rings (SSSR count). The fraction of sp³-hybridized carbons (Fsp3) is 0.667. The molecule has 0 aliphatic carbocycles. The number of hydrogen-bond donors (Lipinski definition) is 1. The lowest BCUT2D eigenvalue weighted by Crippen LogP contribution is -2.39. The average Bonchev–Trinajstić information content (AvgIpc) is 3.02. The smallest absolute Gasteiger partial charge is 0.304 e. The fourth-order valence-electron chi connectivity index (χ4n) is 2.77. The van der Waals surface area contributed by atoms with Gasteiger partial charge in [0.1, 0.15) is 4.21 Å². The highest BCUT2D eigenvalue weighted by atomic mass is 32.2. The van der Waals surface area contributed by atoms with Crippen molar-refractivity contribution in [3.8, 4) is 0 Å². The van der Waals surface area contributed by atoms with E-state index < -0.39 is 14.9 Å². The Balaban J connectivity index is 2.46. The molecule has 2 heterocycles. The molecular formula is C12H19N3O4S2. The number of anilines is 1. The Labute approximate surface area is 128 Å². The number of sulfonamides is 1. The van der Waals surface area contributed by atoms with E-state index in [0.717, 1.165) is 36.7 Å². The topological polar surface area (TPSA) is 92.5 Å². The number of rotatable bonds is 5. The van der Waals surface area contributed by atoms with Crippen LogP contribution in [0.4, 0.5) is 10.7 Å². The minimum atomic E-state index is -3.69. The molecule has 7 nitrogen and oxygen atoms in total. The predicted octanol–water partition coefficient (Wildman–Crippen LogP) is 2.65. The van der Waals surface area contributed by atoms with Crippen molar-refractivity contribution in [3.63, 3.8) is 0 Å². The van der Waals surface area contributed by atoms with Crippen molar-refractivity contribution >= 4 is 32.0 Å². The van der Waals surface area contributed by atoms with Gasteiger partial charge in [-0.2, -0.15) is 4.31 Å². The summed E-state index contributed by atoms with van der Waals surface area (Å²) in [7, 11) is -2.14. The molecule has 0 saturated carbocycles. The summed E-state index contributed by atoms with van der Waals surface area (Å²) in [6, 6.07) is 1.06. The summed E-state index contributed by atoms with van der Waals surface area (Å²) in [6.07, 6.45) is 2.41. The first-order chi connectivity index (χ1) is 9.82. The third kappa shape index (κ3) is 2.77. The summed E-state index contributed by atoms with van der Waals surface area (Å²) in [5.41, 5.74) is -0.194. The van der Waals surface area contributed by atoms with Gasteiger partial charge in [-0.25, -0.2) is 8.42 Å². The molecule has 118 valence electrons. The molecule has 1 fully saturated rings. The maximum atomic E-state index is 12.8. The molecule has 1 aliphatic heterocycles. The molecule has 0 amide bonds. The van der Waals surface area contributed by atoms with Crippen LogP contribution in [0.3, 0.4) is 0 Å². The molecule has 1 aliphatic rings. The second kappa shape index (κ2) is 5.90. The van der Waals surface area contributed by atoms with Gasteiger partial charge in [-0.1, -0.05) is 18.3 Å². The van der Waals surface area contributed by atoms with E-state index in [-0.39, 0.29) is 27.0 Å². The fourth-order valence-corrected chi connectivity index (χ4v) is 6.11. The van der Waals surface area contributed by atoms with Crippen LogP contribution < -0.4 is 5.32 Å². The number of nitro groups is 1. The van der Waals surface area contributed by atoms with Crippen LogP contribution >= 0.6 is 11.3 Å². The highest BCUT2D eigenvalue weighted by Crippen LogP contribution is 2.40. The molecule has 1 saturated heterocycles. The SMILES string of the molecule is CCC1CCC(C)N1S(=O)(=O)c1cc([N+](=O)[O-])c(NC)s1. The summed E-state index contributed by atoms with van der Waals surface area (Å²) < 4.78 is 27.2. The number of thiophene rings is 1. The van der Waals surface area contributed by atoms with Gasteiger partial charge in [-0.3, -0.25) is 10.1 Å². The van der Waals surface area contributed by atoms with Crippen LogP contribution in [0.25, 0.3) is 0 Å². The quantitative estimate of drug-likeness (QED) is 0.660. The molecule has 2 unspecified atom stereocenters. The molecule has 9 heteroatoms. The molecule has 1 aromatic rings. The Morgan fingerprint density at radius 2 is 2.19 bits per heavy atom. The molecular weight excluding hydrogens is 314 g/mol. The van der Waals surface area contributed by atoms with Crippen molar-refractivity contribution in [1.82, 2.24) is 4.31 Å². The minimum absolute atomic E-state index is 0.0239. The van der Waals surface area contributed by atoms with Gasteiger partial charge >= 0.3 is 5.69 Å². The van der Waals surface area contributed by atoms with Crippen molar-refractivity contribution in [2.45, 2.75) is 49.4 Å². The van der Waals surface area contributed by atoms with Gasteiger partial charge in [0.15, 0.2) is 5.00 Å². The first-order valence-electron chi connectivity index (χ1n) is 6.82.